The first-order valence-corrected chi connectivity index (χ1v) is 8.36. The van der Waals surface area contributed by atoms with Crippen molar-refractivity contribution >= 4 is 26.0 Å². The zero-order valence-corrected chi connectivity index (χ0v) is 13.4. The van der Waals surface area contributed by atoms with Gasteiger partial charge in [0.1, 0.15) is 0 Å². The summed E-state index contributed by atoms with van der Waals surface area (Å²) >= 11 is 3.20. The van der Waals surface area contributed by atoms with E-state index in [2.05, 4.69) is 20.7 Å². The Bertz CT molecular complexity index is 570. The van der Waals surface area contributed by atoms with Crippen LogP contribution in [0.5, 0.6) is 0 Å². The first-order valence-electron chi connectivity index (χ1n) is 5.75. The third-order valence-corrected chi connectivity index (χ3v) is 4.69. The lowest BCUT2D eigenvalue weighted by molar-refractivity contribution is -0.137. The Labute approximate surface area is 124 Å². The van der Waals surface area contributed by atoms with E-state index in [4.69, 9.17) is 0 Å². The maximum Gasteiger partial charge on any atom is 0.416 e. The van der Waals surface area contributed by atoms with Crippen molar-refractivity contribution in [3.05, 3.63) is 29.8 Å². The lowest BCUT2D eigenvalue weighted by Gasteiger charge is -2.25. The van der Waals surface area contributed by atoms with Gasteiger partial charge in [0.25, 0.3) is 0 Å². The molecule has 0 spiro atoms. The van der Waals surface area contributed by atoms with Crippen molar-refractivity contribution in [2.45, 2.75) is 36.9 Å². The molecule has 0 saturated heterocycles. The van der Waals surface area contributed by atoms with Crippen molar-refractivity contribution in [2.24, 2.45) is 0 Å². The minimum Gasteiger partial charge on any atom is -0.207 e. The summed E-state index contributed by atoms with van der Waals surface area (Å²) in [6, 6.07) is 3.69. The van der Waals surface area contributed by atoms with Crippen LogP contribution >= 0.6 is 15.9 Å². The van der Waals surface area contributed by atoms with Crippen LogP contribution < -0.4 is 4.72 Å². The molecule has 0 fully saturated rings. The van der Waals surface area contributed by atoms with Gasteiger partial charge in [-0.15, -0.1) is 0 Å². The summed E-state index contributed by atoms with van der Waals surface area (Å²) in [5, 5.41) is 0.575. The fraction of sp³-hybridized carbons (Fsp3) is 0.500. The highest BCUT2D eigenvalue weighted by Crippen LogP contribution is 2.30. The second-order valence-electron chi connectivity index (χ2n) is 4.95. The van der Waals surface area contributed by atoms with Gasteiger partial charge in [0.2, 0.25) is 10.0 Å². The first-order chi connectivity index (χ1) is 8.98. The number of rotatable bonds is 5. The number of nitrogens with one attached hydrogen (secondary N) is 1. The number of hydrogen-bond acceptors (Lipinski definition) is 2. The highest BCUT2D eigenvalue weighted by molar-refractivity contribution is 9.09. The molecule has 0 aliphatic rings. The summed E-state index contributed by atoms with van der Waals surface area (Å²) in [5.41, 5.74) is -1.74. The lowest BCUT2D eigenvalue weighted by atomic mass is 10.0. The Morgan fingerprint density at radius 2 is 1.85 bits per heavy atom. The monoisotopic (exact) mass is 373 g/mol. The van der Waals surface area contributed by atoms with Crippen LogP contribution in [0.2, 0.25) is 0 Å². The Kier molecular flexibility index (Phi) is 5.26. The molecule has 1 aromatic carbocycles. The molecule has 0 amide bonds. The van der Waals surface area contributed by atoms with Crippen LogP contribution in [0, 0.1) is 0 Å². The van der Waals surface area contributed by atoms with Crippen molar-refractivity contribution in [1.29, 1.82) is 0 Å². The normalized spacial score (nSPS) is 13.5. The van der Waals surface area contributed by atoms with Gasteiger partial charge in [-0.1, -0.05) is 22.0 Å². The van der Waals surface area contributed by atoms with Crippen LogP contribution in [-0.4, -0.2) is 19.3 Å². The Hall–Kier alpha value is -0.600. The van der Waals surface area contributed by atoms with Crippen molar-refractivity contribution in [3.63, 3.8) is 0 Å². The van der Waals surface area contributed by atoms with E-state index in [1.807, 2.05) is 0 Å². The SMILES string of the molecule is CC(C)(CCBr)NS(=O)(=O)c1cccc(C(F)(F)F)c1. The number of sulfonamides is 1. The summed E-state index contributed by atoms with van der Waals surface area (Å²) in [4.78, 5) is -0.394. The molecule has 0 aliphatic carbocycles. The Balaban J connectivity index is 3.11. The standard InChI is InChI=1S/C12H15BrF3NO2S/c1-11(2,6-7-13)17-20(18,19)10-5-3-4-9(8-10)12(14,15)16/h3-5,8,17H,6-7H2,1-2H3. The van der Waals surface area contributed by atoms with E-state index in [0.29, 0.717) is 17.8 Å². The molecule has 0 aromatic heterocycles. The summed E-state index contributed by atoms with van der Waals surface area (Å²) < 4.78 is 64.4. The molecule has 0 heterocycles. The van der Waals surface area contributed by atoms with Gasteiger partial charge >= 0.3 is 6.18 Å². The van der Waals surface area contributed by atoms with Crippen LogP contribution in [0.4, 0.5) is 13.2 Å². The smallest absolute Gasteiger partial charge is 0.207 e. The van der Waals surface area contributed by atoms with Crippen LogP contribution in [0.1, 0.15) is 25.8 Å². The molecule has 0 saturated carbocycles. The molecule has 8 heteroatoms. The van der Waals surface area contributed by atoms with Crippen molar-refractivity contribution in [1.82, 2.24) is 4.72 Å². The van der Waals surface area contributed by atoms with Gasteiger partial charge in [-0.25, -0.2) is 13.1 Å². The van der Waals surface area contributed by atoms with Gasteiger partial charge in [-0.2, -0.15) is 13.2 Å². The third-order valence-electron chi connectivity index (χ3n) is 2.60. The molecule has 0 aliphatic heterocycles. The van der Waals surface area contributed by atoms with Crippen LogP contribution in [0.3, 0.4) is 0 Å². The van der Waals surface area contributed by atoms with Gasteiger partial charge in [0.05, 0.1) is 10.5 Å². The molecule has 3 nitrogen and oxygen atoms in total. The summed E-state index contributed by atoms with van der Waals surface area (Å²) in [7, 11) is -3.99. The van der Waals surface area contributed by atoms with Crippen molar-refractivity contribution in [3.8, 4) is 0 Å². The zero-order valence-electron chi connectivity index (χ0n) is 11.0. The molecule has 1 aromatic rings. The number of benzene rings is 1. The van der Waals surface area contributed by atoms with Crippen molar-refractivity contribution in [2.75, 3.05) is 5.33 Å². The second kappa shape index (κ2) is 6.03. The molecule has 20 heavy (non-hydrogen) atoms. The highest BCUT2D eigenvalue weighted by atomic mass is 79.9. The number of halogens is 4. The summed E-state index contributed by atoms with van der Waals surface area (Å²) in [5.74, 6) is 0. The van der Waals surface area contributed by atoms with Gasteiger partial charge in [0.15, 0.2) is 0 Å². The first kappa shape index (κ1) is 17.5. The van der Waals surface area contributed by atoms with Gasteiger partial charge in [-0.05, 0) is 38.5 Å². The largest absolute Gasteiger partial charge is 0.416 e. The van der Waals surface area contributed by atoms with E-state index in [0.717, 1.165) is 18.2 Å². The molecule has 114 valence electrons. The molecule has 0 atom stereocenters. The molecular formula is C12H15BrF3NO2S. The van der Waals surface area contributed by atoms with E-state index in [9.17, 15) is 21.6 Å². The molecule has 1 rings (SSSR count). The van der Waals surface area contributed by atoms with Gasteiger partial charge < -0.3 is 0 Å². The topological polar surface area (TPSA) is 46.2 Å². The van der Waals surface area contributed by atoms with Crippen LogP contribution in [-0.2, 0) is 16.2 Å². The van der Waals surface area contributed by atoms with Crippen LogP contribution in [0.25, 0.3) is 0 Å². The molecular weight excluding hydrogens is 359 g/mol. The molecule has 0 bridgehead atoms. The highest BCUT2D eigenvalue weighted by Gasteiger charge is 2.32. The average molecular weight is 374 g/mol. The predicted molar refractivity (Wildman–Crippen MR) is 74.3 cm³/mol. The minimum absolute atomic E-state index is 0.394. The molecule has 1 N–H and O–H groups in total. The van der Waals surface area contributed by atoms with E-state index in [1.165, 1.54) is 0 Å². The van der Waals surface area contributed by atoms with E-state index < -0.39 is 32.2 Å². The van der Waals surface area contributed by atoms with Gasteiger partial charge in [-0.3, -0.25) is 0 Å². The maximum atomic E-state index is 12.6. The van der Waals surface area contributed by atoms with Crippen LogP contribution in [0.15, 0.2) is 29.2 Å². The fourth-order valence-electron chi connectivity index (χ4n) is 1.55. The average Bonchev–Trinajstić information content (AvgIpc) is 2.26. The van der Waals surface area contributed by atoms with Crippen molar-refractivity contribution < 1.29 is 21.6 Å². The van der Waals surface area contributed by atoms with E-state index in [1.54, 1.807) is 13.8 Å². The number of hydrogen-bond donors (Lipinski definition) is 1. The third kappa shape index (κ3) is 4.75. The quantitative estimate of drug-likeness (QED) is 0.802. The molecule has 0 radical (unpaired) electrons. The predicted octanol–water partition coefficient (Wildman–Crippen LogP) is 3.55. The summed E-state index contributed by atoms with van der Waals surface area (Å²) in [6.07, 6.45) is -4.07. The summed E-state index contributed by atoms with van der Waals surface area (Å²) in [6.45, 7) is 3.33. The van der Waals surface area contributed by atoms with E-state index in [-0.39, 0.29) is 0 Å². The Morgan fingerprint density at radius 3 is 2.35 bits per heavy atom. The minimum atomic E-state index is -4.57. The number of alkyl halides is 4. The second-order valence-corrected chi connectivity index (χ2v) is 7.43. The Morgan fingerprint density at radius 1 is 1.25 bits per heavy atom. The van der Waals surface area contributed by atoms with E-state index >= 15 is 0 Å². The lowest BCUT2D eigenvalue weighted by Crippen LogP contribution is -2.43. The molecule has 0 unspecified atom stereocenters. The fourth-order valence-corrected chi connectivity index (χ4v) is 4.03. The van der Waals surface area contributed by atoms with Gasteiger partial charge in [0, 0.05) is 10.9 Å². The maximum absolute atomic E-state index is 12.6. The zero-order chi connectivity index (χ0) is 15.6.